The van der Waals surface area contributed by atoms with Crippen LogP contribution in [0.2, 0.25) is 0 Å². The molecule has 0 saturated heterocycles. The molecule has 0 aromatic heterocycles. The summed E-state index contributed by atoms with van der Waals surface area (Å²) in [5.74, 6) is 0. The quantitative estimate of drug-likeness (QED) is 0.860. The Kier molecular flexibility index (Phi) is 4.72. The van der Waals surface area contributed by atoms with Crippen LogP contribution in [0, 0.1) is 0 Å². The Bertz CT molecular complexity index is 595. The van der Waals surface area contributed by atoms with Crippen molar-refractivity contribution in [2.45, 2.75) is 36.3 Å². The van der Waals surface area contributed by atoms with Gasteiger partial charge in [0.1, 0.15) is 0 Å². The Morgan fingerprint density at radius 2 is 1.90 bits per heavy atom. The van der Waals surface area contributed by atoms with Crippen LogP contribution in [0.5, 0.6) is 0 Å². The van der Waals surface area contributed by atoms with Crippen molar-refractivity contribution >= 4 is 10.0 Å². The summed E-state index contributed by atoms with van der Waals surface area (Å²) < 4.78 is 26.8. The molecule has 0 bridgehead atoms. The van der Waals surface area contributed by atoms with Gasteiger partial charge in [-0.2, -0.15) is 4.31 Å². The number of hydrogen-bond acceptors (Lipinski definition) is 4. The van der Waals surface area contributed by atoms with Gasteiger partial charge in [0, 0.05) is 19.1 Å². The molecule has 5 nitrogen and oxygen atoms in total. The summed E-state index contributed by atoms with van der Waals surface area (Å²) in [6.45, 7) is 0.334. The molecule has 1 aromatic rings. The average molecular weight is 312 g/mol. The van der Waals surface area contributed by atoms with E-state index < -0.39 is 10.0 Å². The molecule has 0 unspecified atom stereocenters. The second-order valence-corrected chi connectivity index (χ2v) is 8.08. The van der Waals surface area contributed by atoms with E-state index in [1.165, 1.54) is 10.4 Å². The van der Waals surface area contributed by atoms with Crippen LogP contribution in [-0.2, 0) is 16.6 Å². The summed E-state index contributed by atoms with van der Waals surface area (Å²) in [5.41, 5.74) is 0.562. The van der Waals surface area contributed by atoms with Gasteiger partial charge in [-0.1, -0.05) is 12.1 Å². The molecule has 0 amide bonds. The molecule has 6 heteroatoms. The van der Waals surface area contributed by atoms with E-state index in [0.717, 1.165) is 19.3 Å². The summed E-state index contributed by atoms with van der Waals surface area (Å²) in [4.78, 5) is 2.37. The predicted molar refractivity (Wildman–Crippen MR) is 82.4 cm³/mol. The highest BCUT2D eigenvalue weighted by atomic mass is 32.2. The van der Waals surface area contributed by atoms with Gasteiger partial charge < -0.3 is 10.0 Å². The lowest BCUT2D eigenvalue weighted by molar-refractivity contribution is 0.0455. The van der Waals surface area contributed by atoms with Gasteiger partial charge in [-0.05, 0) is 51.1 Å². The van der Waals surface area contributed by atoms with Crippen molar-refractivity contribution in [2.24, 2.45) is 0 Å². The number of sulfonamides is 1. The highest BCUT2D eigenvalue weighted by Gasteiger charge is 2.42. The maximum absolute atomic E-state index is 12.7. The Morgan fingerprint density at radius 3 is 2.38 bits per heavy atom. The number of nitrogens with zero attached hydrogens (tertiary/aromatic N) is 2. The molecular weight excluding hydrogens is 288 g/mol. The number of rotatable bonds is 6. The van der Waals surface area contributed by atoms with Crippen LogP contribution in [0.25, 0.3) is 0 Å². The summed E-state index contributed by atoms with van der Waals surface area (Å²) in [7, 11) is 2.12. The first-order valence-corrected chi connectivity index (χ1v) is 8.59. The topological polar surface area (TPSA) is 60.9 Å². The first-order chi connectivity index (χ1) is 9.82. The van der Waals surface area contributed by atoms with Gasteiger partial charge in [-0.3, -0.25) is 0 Å². The van der Waals surface area contributed by atoms with E-state index in [0.29, 0.717) is 12.1 Å². The third kappa shape index (κ3) is 3.13. The smallest absolute Gasteiger partial charge is 0.242 e. The van der Waals surface area contributed by atoms with Crippen molar-refractivity contribution in [3.63, 3.8) is 0 Å². The molecular formula is C15H24N2O3S. The lowest BCUT2D eigenvalue weighted by Gasteiger charge is -2.48. The minimum Gasteiger partial charge on any atom is -0.392 e. The van der Waals surface area contributed by atoms with E-state index in [1.807, 2.05) is 14.1 Å². The van der Waals surface area contributed by atoms with Crippen molar-refractivity contribution in [3.05, 3.63) is 29.8 Å². The van der Waals surface area contributed by atoms with Gasteiger partial charge in [0.25, 0.3) is 0 Å². The second kappa shape index (κ2) is 6.04. The van der Waals surface area contributed by atoms with Gasteiger partial charge in [-0.25, -0.2) is 8.42 Å². The second-order valence-electron chi connectivity index (χ2n) is 6.04. The van der Waals surface area contributed by atoms with Crippen LogP contribution < -0.4 is 0 Å². The number of aliphatic hydroxyl groups is 1. The Labute approximate surface area is 127 Å². The summed E-state index contributed by atoms with van der Waals surface area (Å²) in [5, 5.41) is 9.16. The van der Waals surface area contributed by atoms with E-state index in [1.54, 1.807) is 25.2 Å². The third-order valence-electron chi connectivity index (χ3n) is 4.54. The Balaban J connectivity index is 2.22. The van der Waals surface area contributed by atoms with Crippen LogP contribution in [0.1, 0.15) is 24.8 Å². The lowest BCUT2D eigenvalue weighted by Crippen LogP contribution is -2.57. The number of benzene rings is 1. The lowest BCUT2D eigenvalue weighted by atomic mass is 9.75. The molecule has 0 aliphatic heterocycles. The maximum Gasteiger partial charge on any atom is 0.242 e. The minimum atomic E-state index is -3.52. The molecule has 0 radical (unpaired) electrons. The zero-order valence-corrected chi connectivity index (χ0v) is 13.7. The molecule has 1 aliphatic rings. The molecule has 0 heterocycles. The van der Waals surface area contributed by atoms with Gasteiger partial charge in [0.2, 0.25) is 10.0 Å². The molecule has 0 spiro atoms. The molecule has 0 atom stereocenters. The van der Waals surface area contributed by atoms with Crippen molar-refractivity contribution in [3.8, 4) is 0 Å². The predicted octanol–water partition coefficient (Wildman–Crippen LogP) is 1.28. The minimum absolute atomic E-state index is 0.0452. The van der Waals surface area contributed by atoms with Crippen molar-refractivity contribution in [1.82, 2.24) is 9.21 Å². The molecule has 1 saturated carbocycles. The number of hydrogen-bond donors (Lipinski definition) is 1. The highest BCUT2D eigenvalue weighted by Crippen LogP contribution is 2.37. The van der Waals surface area contributed by atoms with Crippen molar-refractivity contribution in [2.75, 3.05) is 27.7 Å². The molecule has 1 fully saturated rings. The average Bonchev–Trinajstić information content (AvgIpc) is 2.42. The van der Waals surface area contributed by atoms with Crippen molar-refractivity contribution < 1.29 is 13.5 Å². The zero-order chi connectivity index (χ0) is 15.7. The zero-order valence-electron chi connectivity index (χ0n) is 12.9. The summed E-state index contributed by atoms with van der Waals surface area (Å²) in [6, 6.07) is 6.49. The first-order valence-electron chi connectivity index (χ1n) is 7.15. The van der Waals surface area contributed by atoms with Gasteiger partial charge >= 0.3 is 0 Å². The third-order valence-corrected chi connectivity index (χ3v) is 6.34. The van der Waals surface area contributed by atoms with E-state index in [4.69, 9.17) is 5.11 Å². The highest BCUT2D eigenvalue weighted by molar-refractivity contribution is 7.89. The molecule has 21 heavy (non-hydrogen) atoms. The molecule has 1 aromatic carbocycles. The van der Waals surface area contributed by atoms with E-state index in [2.05, 4.69) is 4.90 Å². The molecule has 2 rings (SSSR count). The summed E-state index contributed by atoms with van der Waals surface area (Å²) >= 11 is 0. The Morgan fingerprint density at radius 1 is 1.24 bits per heavy atom. The molecule has 1 aliphatic carbocycles. The van der Waals surface area contributed by atoms with Crippen LogP contribution in [0.3, 0.4) is 0 Å². The van der Waals surface area contributed by atoms with Gasteiger partial charge in [0.05, 0.1) is 11.5 Å². The monoisotopic (exact) mass is 312 g/mol. The SMILES string of the molecule is CN(C)C1(CN(C)S(=O)(=O)c2cccc(CO)c2)CCC1. The van der Waals surface area contributed by atoms with Crippen LogP contribution in [-0.4, -0.2) is 56.0 Å². The number of aliphatic hydroxyl groups excluding tert-OH is 1. The van der Waals surface area contributed by atoms with E-state index in [9.17, 15) is 8.42 Å². The fraction of sp³-hybridized carbons (Fsp3) is 0.600. The largest absolute Gasteiger partial charge is 0.392 e. The number of likely N-dealkylation sites (N-methyl/N-ethyl adjacent to an activating group) is 2. The normalized spacial score (nSPS) is 18.0. The van der Waals surface area contributed by atoms with Crippen LogP contribution in [0.15, 0.2) is 29.2 Å². The fourth-order valence-corrected chi connectivity index (χ4v) is 4.14. The molecule has 118 valence electrons. The van der Waals surface area contributed by atoms with Gasteiger partial charge in [-0.15, -0.1) is 0 Å². The van der Waals surface area contributed by atoms with E-state index >= 15 is 0 Å². The standard InChI is InChI=1S/C15H24N2O3S/c1-16(2)15(8-5-9-15)12-17(3)21(19,20)14-7-4-6-13(10-14)11-18/h4,6-7,10,18H,5,8-9,11-12H2,1-3H3. The molecule has 1 N–H and O–H groups in total. The van der Waals surface area contributed by atoms with E-state index in [-0.39, 0.29) is 17.0 Å². The summed E-state index contributed by atoms with van der Waals surface area (Å²) in [6.07, 6.45) is 3.19. The Hall–Kier alpha value is -0.950. The van der Waals surface area contributed by atoms with Crippen molar-refractivity contribution in [1.29, 1.82) is 0 Å². The maximum atomic E-state index is 12.7. The van der Waals surface area contributed by atoms with Gasteiger partial charge in [0.15, 0.2) is 0 Å². The fourth-order valence-electron chi connectivity index (χ4n) is 2.82. The first kappa shape index (κ1) is 16.4. The van der Waals surface area contributed by atoms with Crippen LogP contribution >= 0.6 is 0 Å². The van der Waals surface area contributed by atoms with Crippen LogP contribution in [0.4, 0.5) is 0 Å².